The molecule has 0 saturated heterocycles. The van der Waals surface area contributed by atoms with Gasteiger partial charge in [-0.3, -0.25) is 0 Å². The molecule has 1 heterocycles. The van der Waals surface area contributed by atoms with E-state index >= 15 is 0 Å². The van der Waals surface area contributed by atoms with Crippen LogP contribution in [0.2, 0.25) is 10.3 Å². The van der Waals surface area contributed by atoms with E-state index in [2.05, 4.69) is 4.98 Å². The third kappa shape index (κ3) is 4.13. The van der Waals surface area contributed by atoms with Crippen molar-refractivity contribution in [3.05, 3.63) is 27.5 Å². The number of pyridine rings is 1. The van der Waals surface area contributed by atoms with Gasteiger partial charge in [-0.2, -0.15) is 0 Å². The second kappa shape index (κ2) is 7.35. The van der Waals surface area contributed by atoms with Gasteiger partial charge in [0.15, 0.2) is 0 Å². The Morgan fingerprint density at radius 3 is 2.00 bits per heavy atom. The second-order valence-electron chi connectivity index (χ2n) is 5.20. The van der Waals surface area contributed by atoms with Gasteiger partial charge >= 0.3 is 0 Å². The summed E-state index contributed by atoms with van der Waals surface area (Å²) in [5, 5.41) is 1.15. The molecule has 0 amide bonds. The summed E-state index contributed by atoms with van der Waals surface area (Å²) in [4.78, 5) is 4.19. The van der Waals surface area contributed by atoms with Crippen molar-refractivity contribution in [2.24, 2.45) is 0 Å². The molecule has 0 saturated carbocycles. The second-order valence-corrected chi connectivity index (χ2v) is 5.95. The number of aromatic nitrogens is 1. The third-order valence-corrected chi connectivity index (χ3v) is 4.26. The van der Waals surface area contributed by atoms with Crippen LogP contribution in [0.4, 0.5) is 0 Å². The van der Waals surface area contributed by atoms with Gasteiger partial charge in [-0.05, 0) is 42.9 Å². The molecule has 1 aliphatic carbocycles. The van der Waals surface area contributed by atoms with Gasteiger partial charge < -0.3 is 0 Å². The molecule has 0 unspecified atom stereocenters. The lowest BCUT2D eigenvalue weighted by Crippen LogP contribution is -2.00. The number of aryl methyl sites for hydroxylation is 1. The van der Waals surface area contributed by atoms with E-state index in [-0.39, 0.29) is 0 Å². The first kappa shape index (κ1) is 14.1. The van der Waals surface area contributed by atoms with Gasteiger partial charge in [0.2, 0.25) is 0 Å². The minimum atomic E-state index is 0.533. The maximum absolute atomic E-state index is 6.24. The zero-order chi connectivity index (χ0) is 12.8. The Labute approximate surface area is 120 Å². The van der Waals surface area contributed by atoms with Gasteiger partial charge in [-0.15, -0.1) is 0 Å². The Balaban J connectivity index is 2.15. The number of nitrogens with zero attached hydrogens (tertiary/aromatic N) is 1. The van der Waals surface area contributed by atoms with Crippen molar-refractivity contribution in [1.29, 1.82) is 0 Å². The molecule has 18 heavy (non-hydrogen) atoms. The maximum Gasteiger partial charge on any atom is 0.134 e. The number of fused-ring (bicyclic) bond motifs is 1. The maximum atomic E-state index is 6.24. The number of hydrogen-bond acceptors (Lipinski definition) is 1. The fourth-order valence-corrected chi connectivity index (χ4v) is 3.29. The van der Waals surface area contributed by atoms with Gasteiger partial charge in [0.05, 0.1) is 0 Å². The first-order valence-corrected chi connectivity index (χ1v) is 7.87. The van der Waals surface area contributed by atoms with E-state index in [9.17, 15) is 0 Å². The Bertz CT molecular complexity index is 390. The molecule has 0 fully saturated rings. The van der Waals surface area contributed by atoms with E-state index in [4.69, 9.17) is 23.2 Å². The predicted octanol–water partition coefficient (Wildman–Crippen LogP) is 5.61. The van der Waals surface area contributed by atoms with Gasteiger partial charge in [-0.1, -0.05) is 61.7 Å². The van der Waals surface area contributed by atoms with Gasteiger partial charge in [0.1, 0.15) is 10.3 Å². The molecule has 0 aliphatic heterocycles. The molecule has 0 spiro atoms. The van der Waals surface area contributed by atoms with E-state index in [0.717, 1.165) is 12.8 Å². The molecule has 2 rings (SSSR count). The molecule has 1 aromatic rings. The number of hydrogen-bond donors (Lipinski definition) is 0. The number of rotatable bonds is 0. The zero-order valence-corrected chi connectivity index (χ0v) is 12.4. The fraction of sp³-hybridized carbons (Fsp3) is 0.667. The van der Waals surface area contributed by atoms with Crippen LogP contribution in [0.5, 0.6) is 0 Å². The van der Waals surface area contributed by atoms with Crippen LogP contribution in [-0.2, 0) is 12.8 Å². The molecule has 0 aromatic carbocycles. The monoisotopic (exact) mass is 285 g/mol. The van der Waals surface area contributed by atoms with Crippen LogP contribution in [0.1, 0.15) is 62.5 Å². The summed E-state index contributed by atoms with van der Waals surface area (Å²) in [5.41, 5.74) is 2.56. The van der Waals surface area contributed by atoms with E-state index in [0.29, 0.717) is 10.3 Å². The van der Waals surface area contributed by atoms with Gasteiger partial charge in [0, 0.05) is 0 Å². The summed E-state index contributed by atoms with van der Waals surface area (Å²) in [6.07, 6.45) is 12.7. The molecule has 3 heteroatoms. The average molecular weight is 286 g/mol. The normalized spacial score (nSPS) is 18.6. The van der Waals surface area contributed by atoms with Crippen molar-refractivity contribution in [3.8, 4) is 0 Å². The molecule has 1 aliphatic rings. The van der Waals surface area contributed by atoms with E-state index in [1.54, 1.807) is 0 Å². The molecule has 100 valence electrons. The molecule has 1 nitrogen and oxygen atoms in total. The lowest BCUT2D eigenvalue weighted by molar-refractivity contribution is 0.559. The Morgan fingerprint density at radius 2 is 1.33 bits per heavy atom. The highest BCUT2D eigenvalue weighted by atomic mass is 35.5. The fourth-order valence-electron chi connectivity index (χ4n) is 2.72. The van der Waals surface area contributed by atoms with Crippen molar-refractivity contribution < 1.29 is 0 Å². The van der Waals surface area contributed by atoms with Crippen LogP contribution in [0.15, 0.2) is 6.07 Å². The number of halogens is 2. The van der Waals surface area contributed by atoms with Crippen LogP contribution in [-0.4, -0.2) is 4.98 Å². The van der Waals surface area contributed by atoms with Crippen molar-refractivity contribution in [3.63, 3.8) is 0 Å². The summed E-state index contributed by atoms with van der Waals surface area (Å²) >= 11 is 12.3. The van der Waals surface area contributed by atoms with E-state index in [1.165, 1.54) is 62.5 Å². The first-order chi connectivity index (χ1) is 8.77. The quantitative estimate of drug-likeness (QED) is 0.565. The van der Waals surface area contributed by atoms with Crippen LogP contribution in [0, 0.1) is 0 Å². The summed E-state index contributed by atoms with van der Waals surface area (Å²) < 4.78 is 0. The van der Waals surface area contributed by atoms with Gasteiger partial charge in [0.25, 0.3) is 0 Å². The van der Waals surface area contributed by atoms with Crippen molar-refractivity contribution in [2.45, 2.75) is 64.2 Å². The summed E-state index contributed by atoms with van der Waals surface area (Å²) in [7, 11) is 0. The Hall–Kier alpha value is -0.270. The summed E-state index contributed by atoms with van der Waals surface area (Å²) in [5.74, 6) is 0. The van der Waals surface area contributed by atoms with E-state index < -0.39 is 0 Å². The molecule has 0 atom stereocenters. The molecule has 1 aromatic heterocycles. The zero-order valence-electron chi connectivity index (χ0n) is 10.9. The van der Waals surface area contributed by atoms with Crippen LogP contribution >= 0.6 is 23.2 Å². The largest absolute Gasteiger partial charge is 0.224 e. The van der Waals surface area contributed by atoms with Crippen LogP contribution in [0.25, 0.3) is 0 Å². The topological polar surface area (TPSA) is 12.9 Å². The average Bonchev–Trinajstić information content (AvgIpc) is 2.31. The summed E-state index contributed by atoms with van der Waals surface area (Å²) in [6, 6.07) is 2.01. The van der Waals surface area contributed by atoms with E-state index in [1.807, 2.05) is 6.07 Å². The molecular weight excluding hydrogens is 265 g/mol. The Morgan fingerprint density at radius 1 is 0.778 bits per heavy atom. The minimum absolute atomic E-state index is 0.533. The Kier molecular flexibility index (Phi) is 5.78. The highest BCUT2D eigenvalue weighted by molar-refractivity contribution is 6.33. The lowest BCUT2D eigenvalue weighted by atomic mass is 9.96. The minimum Gasteiger partial charge on any atom is -0.224 e. The molecule has 0 N–H and O–H groups in total. The first-order valence-electron chi connectivity index (χ1n) is 7.11. The molecular formula is C15H21Cl2N. The SMILES string of the molecule is Clc1cc2c(c(Cl)n1)CCCCCCCCCC2. The van der Waals surface area contributed by atoms with Crippen molar-refractivity contribution in [1.82, 2.24) is 4.98 Å². The lowest BCUT2D eigenvalue weighted by Gasteiger charge is -2.13. The highest BCUT2D eigenvalue weighted by Gasteiger charge is 2.11. The summed E-state index contributed by atoms with van der Waals surface area (Å²) in [6.45, 7) is 0. The van der Waals surface area contributed by atoms with Crippen LogP contribution in [0.3, 0.4) is 0 Å². The smallest absolute Gasteiger partial charge is 0.134 e. The molecule has 0 bridgehead atoms. The third-order valence-electron chi connectivity index (χ3n) is 3.76. The van der Waals surface area contributed by atoms with Crippen molar-refractivity contribution >= 4 is 23.2 Å². The molecule has 0 radical (unpaired) electrons. The predicted molar refractivity (Wildman–Crippen MR) is 78.6 cm³/mol. The standard InChI is InChI=1S/C15H21Cl2N/c16-14-11-12-9-7-5-3-1-2-4-6-8-10-13(12)15(17)18-14/h11H,1-10H2. The van der Waals surface area contributed by atoms with Crippen molar-refractivity contribution in [2.75, 3.05) is 0 Å². The van der Waals surface area contributed by atoms with Gasteiger partial charge in [-0.25, -0.2) is 4.98 Å². The highest BCUT2D eigenvalue weighted by Crippen LogP contribution is 2.26. The van der Waals surface area contributed by atoms with Crippen LogP contribution < -0.4 is 0 Å².